The van der Waals surface area contributed by atoms with Gasteiger partial charge in [-0.05, 0) is 38.1 Å². The highest BCUT2D eigenvalue weighted by molar-refractivity contribution is 6.02. The molecule has 5 nitrogen and oxygen atoms in total. The number of rotatable bonds is 5. The zero-order chi connectivity index (χ0) is 15.2. The second kappa shape index (κ2) is 6.78. The molecule has 1 heterocycles. The minimum absolute atomic E-state index is 0.122. The minimum Gasteiger partial charge on any atom is -0.356 e. The number of amides is 1. The van der Waals surface area contributed by atoms with Gasteiger partial charge >= 0.3 is 0 Å². The van der Waals surface area contributed by atoms with E-state index in [1.165, 1.54) is 12.1 Å². The van der Waals surface area contributed by atoms with Gasteiger partial charge in [-0.15, -0.1) is 10.2 Å². The predicted octanol–water partition coefficient (Wildman–Crippen LogP) is 2.71. The van der Waals surface area contributed by atoms with Crippen molar-refractivity contribution in [1.29, 1.82) is 0 Å². The van der Waals surface area contributed by atoms with E-state index in [0.717, 1.165) is 13.1 Å². The van der Waals surface area contributed by atoms with Gasteiger partial charge in [-0.3, -0.25) is 4.79 Å². The number of carbonyl (C=O) groups is 1. The van der Waals surface area contributed by atoms with Crippen molar-refractivity contribution in [2.24, 2.45) is 0 Å². The Bertz CT molecular complexity index is 611. The molecule has 1 aromatic carbocycles. The molecule has 0 spiro atoms. The van der Waals surface area contributed by atoms with Crippen molar-refractivity contribution < 1.29 is 9.18 Å². The van der Waals surface area contributed by atoms with Crippen LogP contribution in [0.4, 0.5) is 15.9 Å². The standard InChI is InChI=1S/C15H17FN4O/c1-3-20(4-2)14-10-9-13(18-19-14)15(21)17-12-8-6-5-7-11(12)16/h5-10H,3-4H2,1-2H3,(H,17,21). The largest absolute Gasteiger partial charge is 0.356 e. The fourth-order valence-corrected chi connectivity index (χ4v) is 1.91. The first kappa shape index (κ1) is 14.9. The van der Waals surface area contributed by atoms with Crippen molar-refractivity contribution in [1.82, 2.24) is 10.2 Å². The molecule has 2 aromatic rings. The van der Waals surface area contributed by atoms with Crippen molar-refractivity contribution in [2.75, 3.05) is 23.3 Å². The van der Waals surface area contributed by atoms with E-state index in [9.17, 15) is 9.18 Å². The number of halogens is 1. The molecule has 21 heavy (non-hydrogen) atoms. The van der Waals surface area contributed by atoms with E-state index in [0.29, 0.717) is 5.82 Å². The van der Waals surface area contributed by atoms with Gasteiger partial charge in [0.1, 0.15) is 5.82 Å². The van der Waals surface area contributed by atoms with Crippen LogP contribution in [0.2, 0.25) is 0 Å². The average molecular weight is 288 g/mol. The Morgan fingerprint density at radius 1 is 1.14 bits per heavy atom. The Labute approximate surface area is 122 Å². The second-order valence-electron chi connectivity index (χ2n) is 4.38. The summed E-state index contributed by atoms with van der Waals surface area (Å²) in [5, 5.41) is 10.4. The quantitative estimate of drug-likeness (QED) is 0.919. The van der Waals surface area contributed by atoms with Crippen molar-refractivity contribution in [3.8, 4) is 0 Å². The lowest BCUT2D eigenvalue weighted by Crippen LogP contribution is -2.24. The van der Waals surface area contributed by atoms with E-state index >= 15 is 0 Å². The van der Waals surface area contributed by atoms with Gasteiger partial charge in [-0.1, -0.05) is 12.1 Å². The highest BCUT2D eigenvalue weighted by atomic mass is 19.1. The summed E-state index contributed by atoms with van der Waals surface area (Å²) in [6, 6.07) is 9.29. The molecule has 1 aromatic heterocycles. The monoisotopic (exact) mass is 288 g/mol. The first-order valence-corrected chi connectivity index (χ1v) is 6.80. The van der Waals surface area contributed by atoms with E-state index in [1.807, 2.05) is 18.7 Å². The number of carbonyl (C=O) groups excluding carboxylic acids is 1. The molecule has 1 amide bonds. The minimum atomic E-state index is -0.487. The van der Waals surface area contributed by atoms with Crippen molar-refractivity contribution in [2.45, 2.75) is 13.8 Å². The Morgan fingerprint density at radius 3 is 2.43 bits per heavy atom. The topological polar surface area (TPSA) is 58.1 Å². The molecule has 0 radical (unpaired) electrons. The fourth-order valence-electron chi connectivity index (χ4n) is 1.91. The number of benzene rings is 1. The Morgan fingerprint density at radius 2 is 1.86 bits per heavy atom. The number of aromatic nitrogens is 2. The van der Waals surface area contributed by atoms with Gasteiger partial charge in [0, 0.05) is 13.1 Å². The fraction of sp³-hybridized carbons (Fsp3) is 0.267. The highest BCUT2D eigenvalue weighted by Crippen LogP contribution is 2.14. The van der Waals surface area contributed by atoms with Crippen LogP contribution in [0.1, 0.15) is 24.3 Å². The average Bonchev–Trinajstić information content (AvgIpc) is 2.51. The van der Waals surface area contributed by atoms with Crippen LogP contribution in [0, 0.1) is 5.82 Å². The van der Waals surface area contributed by atoms with E-state index in [1.54, 1.807) is 24.3 Å². The van der Waals surface area contributed by atoms with Gasteiger partial charge in [0.2, 0.25) is 0 Å². The molecule has 0 aliphatic rings. The molecule has 6 heteroatoms. The third-order valence-corrected chi connectivity index (χ3v) is 3.09. The van der Waals surface area contributed by atoms with Gasteiger partial charge in [0.05, 0.1) is 5.69 Å². The van der Waals surface area contributed by atoms with Crippen LogP contribution in [0.3, 0.4) is 0 Å². The summed E-state index contributed by atoms with van der Waals surface area (Å²) in [6.07, 6.45) is 0. The summed E-state index contributed by atoms with van der Waals surface area (Å²) >= 11 is 0. The first-order valence-electron chi connectivity index (χ1n) is 6.80. The number of nitrogens with zero attached hydrogens (tertiary/aromatic N) is 3. The first-order chi connectivity index (χ1) is 10.2. The third kappa shape index (κ3) is 3.53. The summed E-state index contributed by atoms with van der Waals surface area (Å²) in [7, 11) is 0. The lowest BCUT2D eigenvalue weighted by atomic mass is 10.3. The molecule has 0 aliphatic carbocycles. The third-order valence-electron chi connectivity index (χ3n) is 3.09. The summed E-state index contributed by atoms with van der Waals surface area (Å²) in [5.41, 5.74) is 0.270. The van der Waals surface area contributed by atoms with Gasteiger partial charge < -0.3 is 10.2 Å². The summed E-state index contributed by atoms with van der Waals surface area (Å²) in [5.74, 6) is -0.264. The van der Waals surface area contributed by atoms with Crippen LogP contribution in [-0.4, -0.2) is 29.2 Å². The van der Waals surface area contributed by atoms with E-state index in [4.69, 9.17) is 0 Å². The van der Waals surface area contributed by atoms with E-state index in [2.05, 4.69) is 15.5 Å². The van der Waals surface area contributed by atoms with Gasteiger partial charge in [0.15, 0.2) is 11.5 Å². The van der Waals surface area contributed by atoms with Crippen LogP contribution in [0.25, 0.3) is 0 Å². The summed E-state index contributed by atoms with van der Waals surface area (Å²) in [6.45, 7) is 5.66. The molecular formula is C15H17FN4O. The summed E-state index contributed by atoms with van der Waals surface area (Å²) < 4.78 is 13.5. The molecule has 0 bridgehead atoms. The molecule has 1 N–H and O–H groups in total. The molecule has 0 unspecified atom stereocenters. The molecule has 0 saturated heterocycles. The van der Waals surface area contributed by atoms with Crippen molar-refractivity contribution in [3.05, 3.63) is 47.9 Å². The van der Waals surface area contributed by atoms with E-state index < -0.39 is 11.7 Å². The van der Waals surface area contributed by atoms with Gasteiger partial charge in [-0.25, -0.2) is 4.39 Å². The summed E-state index contributed by atoms with van der Waals surface area (Å²) in [4.78, 5) is 14.0. The Balaban J connectivity index is 2.12. The normalized spacial score (nSPS) is 10.2. The van der Waals surface area contributed by atoms with Crippen LogP contribution >= 0.6 is 0 Å². The van der Waals surface area contributed by atoms with Gasteiger partial charge in [-0.2, -0.15) is 0 Å². The zero-order valence-corrected chi connectivity index (χ0v) is 12.0. The lowest BCUT2D eigenvalue weighted by Gasteiger charge is -2.18. The number of hydrogen-bond acceptors (Lipinski definition) is 4. The molecule has 0 saturated carbocycles. The number of hydrogen-bond donors (Lipinski definition) is 1. The smallest absolute Gasteiger partial charge is 0.276 e. The molecule has 0 fully saturated rings. The van der Waals surface area contributed by atoms with Crippen LogP contribution < -0.4 is 10.2 Å². The van der Waals surface area contributed by atoms with E-state index in [-0.39, 0.29) is 11.4 Å². The van der Waals surface area contributed by atoms with Crippen molar-refractivity contribution in [3.63, 3.8) is 0 Å². The predicted molar refractivity (Wildman–Crippen MR) is 79.9 cm³/mol. The van der Waals surface area contributed by atoms with Crippen LogP contribution in [0.15, 0.2) is 36.4 Å². The number of anilines is 2. The Kier molecular flexibility index (Phi) is 4.81. The maximum atomic E-state index is 13.5. The maximum Gasteiger partial charge on any atom is 0.276 e. The molecular weight excluding hydrogens is 271 g/mol. The van der Waals surface area contributed by atoms with Crippen molar-refractivity contribution >= 4 is 17.4 Å². The lowest BCUT2D eigenvalue weighted by molar-refractivity contribution is 0.102. The molecule has 2 rings (SSSR count). The molecule has 0 atom stereocenters. The Hall–Kier alpha value is -2.50. The molecule has 110 valence electrons. The van der Waals surface area contributed by atoms with Gasteiger partial charge in [0.25, 0.3) is 5.91 Å². The number of nitrogens with one attached hydrogen (secondary N) is 1. The highest BCUT2D eigenvalue weighted by Gasteiger charge is 2.12. The second-order valence-corrected chi connectivity index (χ2v) is 4.38. The maximum absolute atomic E-state index is 13.5. The zero-order valence-electron chi connectivity index (χ0n) is 12.0. The van der Waals surface area contributed by atoms with Crippen LogP contribution in [0.5, 0.6) is 0 Å². The number of para-hydroxylation sites is 1. The SMILES string of the molecule is CCN(CC)c1ccc(C(=O)Nc2ccccc2F)nn1. The van der Waals surface area contributed by atoms with Crippen LogP contribution in [-0.2, 0) is 0 Å². The molecule has 0 aliphatic heterocycles.